The molecule has 0 unspecified atom stereocenters. The Bertz CT molecular complexity index is 345. The van der Waals surface area contributed by atoms with Crippen molar-refractivity contribution in [1.29, 1.82) is 0 Å². The number of halogens is 3. The van der Waals surface area contributed by atoms with Crippen LogP contribution in [0, 0.1) is 10.1 Å². The molecule has 0 aliphatic carbocycles. The van der Waals surface area contributed by atoms with E-state index in [0.717, 1.165) is 12.3 Å². The molecule has 0 aromatic carbocycles. The Balaban J connectivity index is 3.13. The van der Waals surface area contributed by atoms with Crippen LogP contribution in [0.3, 0.4) is 0 Å². The van der Waals surface area contributed by atoms with Crippen molar-refractivity contribution in [2.45, 2.75) is 6.43 Å². The molecule has 0 spiro atoms. The number of alkyl halides is 2. The van der Waals surface area contributed by atoms with E-state index >= 15 is 0 Å². The van der Waals surface area contributed by atoms with Crippen molar-refractivity contribution >= 4 is 17.4 Å². The van der Waals surface area contributed by atoms with E-state index in [2.05, 4.69) is 4.98 Å². The summed E-state index contributed by atoms with van der Waals surface area (Å²) in [5.41, 5.74) is -0.435. The first-order valence-corrected chi connectivity index (χ1v) is 3.48. The van der Waals surface area contributed by atoms with Gasteiger partial charge in [-0.25, -0.2) is 8.78 Å². The summed E-state index contributed by atoms with van der Waals surface area (Å²) in [6.07, 6.45) is -2.00. The molecule has 4 nitrogen and oxygen atoms in total. The first-order chi connectivity index (χ1) is 6.02. The number of pyridine rings is 1. The van der Waals surface area contributed by atoms with Gasteiger partial charge in [-0.1, -0.05) is 11.6 Å². The number of hydrogen-bond donors (Lipinski definition) is 0. The summed E-state index contributed by atoms with van der Waals surface area (Å²) in [6, 6.07) is 0.831. The van der Waals surface area contributed by atoms with Gasteiger partial charge in [-0.05, 0) is 16.0 Å². The summed E-state index contributed by atoms with van der Waals surface area (Å²) in [4.78, 5) is 12.5. The van der Waals surface area contributed by atoms with Gasteiger partial charge in [0, 0.05) is 0 Å². The maximum atomic E-state index is 12.0. The van der Waals surface area contributed by atoms with Crippen LogP contribution in [0.1, 0.15) is 12.0 Å². The van der Waals surface area contributed by atoms with Crippen LogP contribution in [0.5, 0.6) is 0 Å². The molecule has 0 fully saturated rings. The third kappa shape index (κ3) is 2.09. The van der Waals surface area contributed by atoms with E-state index in [9.17, 15) is 18.9 Å². The van der Waals surface area contributed by atoms with Gasteiger partial charge in [-0.15, -0.1) is 0 Å². The molecule has 0 saturated heterocycles. The quantitative estimate of drug-likeness (QED) is 0.554. The van der Waals surface area contributed by atoms with E-state index in [1.54, 1.807) is 0 Å². The summed E-state index contributed by atoms with van der Waals surface area (Å²) in [6.45, 7) is 0. The monoisotopic (exact) mass is 208 g/mol. The normalized spacial score (nSPS) is 10.5. The maximum absolute atomic E-state index is 12.0. The third-order valence-corrected chi connectivity index (χ3v) is 1.55. The van der Waals surface area contributed by atoms with Crippen molar-refractivity contribution in [2.75, 3.05) is 0 Å². The zero-order valence-electron chi connectivity index (χ0n) is 6.08. The smallest absolute Gasteiger partial charge is 0.358 e. The Labute approximate surface area is 76.3 Å². The van der Waals surface area contributed by atoms with Crippen molar-refractivity contribution in [1.82, 2.24) is 4.98 Å². The van der Waals surface area contributed by atoms with Gasteiger partial charge in [-0.2, -0.15) is 0 Å². The van der Waals surface area contributed by atoms with Gasteiger partial charge < -0.3 is 10.1 Å². The third-order valence-electron chi connectivity index (χ3n) is 1.27. The lowest BCUT2D eigenvalue weighted by molar-refractivity contribution is -0.389. The summed E-state index contributed by atoms with van der Waals surface area (Å²) in [7, 11) is 0. The fourth-order valence-corrected chi connectivity index (χ4v) is 0.943. The highest BCUT2D eigenvalue weighted by atomic mass is 35.5. The molecule has 0 aliphatic rings. The van der Waals surface area contributed by atoms with Crippen LogP contribution in [0.4, 0.5) is 14.6 Å². The highest BCUT2D eigenvalue weighted by molar-refractivity contribution is 6.32. The Morgan fingerprint density at radius 3 is 2.62 bits per heavy atom. The molecular formula is C6H3ClF2N2O2. The molecule has 13 heavy (non-hydrogen) atoms. The predicted octanol–water partition coefficient (Wildman–Crippen LogP) is 2.58. The molecular weight excluding hydrogens is 206 g/mol. The van der Waals surface area contributed by atoms with E-state index < -0.39 is 22.7 Å². The van der Waals surface area contributed by atoms with Gasteiger partial charge in [0.15, 0.2) is 0 Å². The van der Waals surface area contributed by atoms with E-state index in [-0.39, 0.29) is 5.02 Å². The molecule has 7 heteroatoms. The van der Waals surface area contributed by atoms with E-state index in [0.29, 0.717) is 0 Å². The van der Waals surface area contributed by atoms with Crippen LogP contribution in [0.15, 0.2) is 12.3 Å². The van der Waals surface area contributed by atoms with Crippen LogP contribution in [-0.2, 0) is 0 Å². The summed E-state index contributed by atoms with van der Waals surface area (Å²) >= 11 is 5.33. The summed E-state index contributed by atoms with van der Waals surface area (Å²) in [5.74, 6) is -0.619. The Morgan fingerprint density at radius 1 is 1.62 bits per heavy atom. The van der Waals surface area contributed by atoms with Gasteiger partial charge in [0.05, 0.1) is 5.56 Å². The molecule has 0 amide bonds. The van der Waals surface area contributed by atoms with Crippen LogP contribution in [-0.4, -0.2) is 9.91 Å². The number of rotatable bonds is 2. The number of nitrogens with zero attached hydrogens (tertiary/aromatic N) is 2. The highest BCUT2D eigenvalue weighted by Gasteiger charge is 2.18. The van der Waals surface area contributed by atoms with Crippen molar-refractivity contribution in [3.8, 4) is 0 Å². The SMILES string of the molecule is O=[N+]([O-])c1ncc(C(F)F)cc1Cl. The lowest BCUT2D eigenvalue weighted by Crippen LogP contribution is -1.95. The lowest BCUT2D eigenvalue weighted by atomic mass is 10.3. The van der Waals surface area contributed by atoms with E-state index in [4.69, 9.17) is 11.6 Å². The van der Waals surface area contributed by atoms with Gasteiger partial charge in [0.25, 0.3) is 6.43 Å². The lowest BCUT2D eigenvalue weighted by Gasteiger charge is -1.97. The second-order valence-electron chi connectivity index (χ2n) is 2.13. The van der Waals surface area contributed by atoms with Gasteiger partial charge >= 0.3 is 5.82 Å². The van der Waals surface area contributed by atoms with Crippen molar-refractivity contribution in [3.05, 3.63) is 33.0 Å². The molecule has 1 aromatic heterocycles. The topological polar surface area (TPSA) is 56.0 Å². The molecule has 0 atom stereocenters. The predicted molar refractivity (Wildman–Crippen MR) is 40.9 cm³/mol. The largest absolute Gasteiger partial charge is 0.382 e. The number of nitro groups is 1. The van der Waals surface area contributed by atoms with Crippen molar-refractivity contribution in [3.63, 3.8) is 0 Å². The fraction of sp³-hybridized carbons (Fsp3) is 0.167. The minimum atomic E-state index is -2.73. The van der Waals surface area contributed by atoms with Crippen LogP contribution in [0.2, 0.25) is 5.02 Å². The standard InChI is InChI=1S/C6H3ClF2N2O2/c7-4-1-3(5(8)9)2-10-6(4)11(12)13/h1-2,5H. The Morgan fingerprint density at radius 2 is 2.23 bits per heavy atom. The summed E-state index contributed by atoms with van der Waals surface area (Å²) in [5, 5.41) is 9.79. The summed E-state index contributed by atoms with van der Waals surface area (Å²) < 4.78 is 24.0. The first-order valence-electron chi connectivity index (χ1n) is 3.10. The molecule has 0 saturated carbocycles. The first kappa shape index (κ1) is 9.79. The Kier molecular flexibility index (Phi) is 2.72. The zero-order chi connectivity index (χ0) is 10.0. The number of aromatic nitrogens is 1. The Hall–Kier alpha value is -1.30. The molecule has 0 radical (unpaired) electrons. The molecule has 1 aromatic rings. The minimum Gasteiger partial charge on any atom is -0.358 e. The van der Waals surface area contributed by atoms with Crippen LogP contribution in [0.25, 0.3) is 0 Å². The molecule has 0 aliphatic heterocycles. The zero-order valence-corrected chi connectivity index (χ0v) is 6.83. The molecule has 1 rings (SSSR count). The van der Waals surface area contributed by atoms with E-state index in [1.165, 1.54) is 0 Å². The minimum absolute atomic E-state index is 0.386. The second kappa shape index (κ2) is 3.61. The van der Waals surface area contributed by atoms with E-state index in [1.807, 2.05) is 0 Å². The van der Waals surface area contributed by atoms with Crippen LogP contribution >= 0.6 is 11.6 Å². The van der Waals surface area contributed by atoms with Crippen molar-refractivity contribution < 1.29 is 13.7 Å². The van der Waals surface area contributed by atoms with Gasteiger partial charge in [0.2, 0.25) is 0 Å². The van der Waals surface area contributed by atoms with Crippen molar-refractivity contribution in [2.24, 2.45) is 0 Å². The molecule has 70 valence electrons. The average Bonchev–Trinajstić information content (AvgIpc) is 2.03. The van der Waals surface area contributed by atoms with Gasteiger partial charge in [0.1, 0.15) is 11.2 Å². The average molecular weight is 209 g/mol. The molecule has 0 bridgehead atoms. The van der Waals surface area contributed by atoms with Gasteiger partial charge in [-0.3, -0.25) is 0 Å². The molecule has 1 heterocycles. The number of hydrogen-bond acceptors (Lipinski definition) is 3. The second-order valence-corrected chi connectivity index (χ2v) is 2.54. The molecule has 0 N–H and O–H groups in total. The fourth-order valence-electron chi connectivity index (χ4n) is 0.699. The van der Waals surface area contributed by atoms with Crippen LogP contribution < -0.4 is 0 Å². The highest BCUT2D eigenvalue weighted by Crippen LogP contribution is 2.26. The maximum Gasteiger partial charge on any atom is 0.382 e.